The van der Waals surface area contributed by atoms with E-state index in [1.807, 2.05) is 71.0 Å². The summed E-state index contributed by atoms with van der Waals surface area (Å²) in [5.74, 6) is -1.33. The van der Waals surface area contributed by atoms with E-state index in [1.54, 1.807) is 12.1 Å². The van der Waals surface area contributed by atoms with Gasteiger partial charge in [0.25, 0.3) is 5.91 Å². The summed E-state index contributed by atoms with van der Waals surface area (Å²) in [5, 5.41) is 19.6. The average molecular weight is 518 g/mol. The molecule has 0 saturated carbocycles. The molecule has 0 spiro atoms. The van der Waals surface area contributed by atoms with Crippen LogP contribution in [0.5, 0.6) is 0 Å². The maximum atomic E-state index is 13.2. The smallest absolute Gasteiger partial charge is 0.870 e. The Bertz CT molecular complexity index is 1260. The average Bonchev–Trinajstić information content (AvgIpc) is 2.78. The second-order valence-corrected chi connectivity index (χ2v) is 9.43. The van der Waals surface area contributed by atoms with Gasteiger partial charge >= 0.3 is 30.9 Å². The minimum Gasteiger partial charge on any atom is -0.870 e. The topological polar surface area (TPSA) is 169 Å². The normalized spacial score (nSPS) is 10.9. The van der Waals surface area contributed by atoms with E-state index in [-0.39, 0.29) is 35.4 Å². The molecule has 0 aliphatic rings. The van der Waals surface area contributed by atoms with Gasteiger partial charge in [-0.2, -0.15) is 0 Å². The molecule has 9 nitrogen and oxygen atoms in total. The van der Waals surface area contributed by atoms with Gasteiger partial charge in [-0.15, -0.1) is 0 Å². The van der Waals surface area contributed by atoms with Crippen molar-refractivity contribution in [3.05, 3.63) is 70.8 Å². The first kappa shape index (κ1) is 34.6. The van der Waals surface area contributed by atoms with Gasteiger partial charge in [-0.3, -0.25) is 4.79 Å². The third-order valence-electron chi connectivity index (χ3n) is 5.93. The van der Waals surface area contributed by atoms with Crippen molar-refractivity contribution >= 4 is 40.1 Å². The van der Waals surface area contributed by atoms with Gasteiger partial charge in [-0.25, -0.2) is 9.59 Å². The van der Waals surface area contributed by atoms with Crippen LogP contribution in [0, 0.1) is 26.7 Å². The molecule has 3 amide bonds. The van der Waals surface area contributed by atoms with Gasteiger partial charge in [0.2, 0.25) is 0 Å². The van der Waals surface area contributed by atoms with Crippen LogP contribution in [0.15, 0.2) is 48.5 Å². The third kappa shape index (κ3) is 8.89. The molecule has 200 valence electrons. The third-order valence-corrected chi connectivity index (χ3v) is 5.93. The van der Waals surface area contributed by atoms with Crippen molar-refractivity contribution in [1.82, 2.24) is 5.32 Å². The number of rotatable bonds is 8. The fourth-order valence-corrected chi connectivity index (χ4v) is 4.17. The number of fused-ring (bicyclic) bond motifs is 1. The number of urea groups is 1. The van der Waals surface area contributed by atoms with Crippen LogP contribution in [0.4, 0.5) is 16.2 Å². The fraction of sp³-hybridized carbons (Fsp3) is 0.321. The van der Waals surface area contributed by atoms with Crippen LogP contribution in [0.3, 0.4) is 0 Å². The predicted molar refractivity (Wildman–Crippen MR) is 146 cm³/mol. The Labute approximate surface area is 235 Å². The van der Waals surface area contributed by atoms with E-state index in [9.17, 15) is 19.5 Å². The van der Waals surface area contributed by atoms with Gasteiger partial charge in [0, 0.05) is 5.69 Å². The second kappa shape index (κ2) is 15.2. The van der Waals surface area contributed by atoms with E-state index < -0.39 is 23.9 Å². The molecular weight excluding hydrogens is 481 g/mol. The molecular formula is C28H36LiN3O6. The number of hydrogen-bond acceptors (Lipinski definition) is 4. The minimum absolute atomic E-state index is 0. The maximum Gasteiger partial charge on any atom is 1.00 e. The van der Waals surface area contributed by atoms with E-state index in [0.717, 1.165) is 27.5 Å². The van der Waals surface area contributed by atoms with Gasteiger partial charge in [0.15, 0.2) is 0 Å². The Morgan fingerprint density at radius 2 is 1.42 bits per heavy atom. The standard InChI is InChI=1S/C28H33N3O4.Li.2H2O/c1-16(2)10-11-23(27(33)34)29-26(32)22-14-20-8-6-7-9-21(20)15-24(22)30-28(35)31-25-18(4)12-17(3)13-19(25)5;;;/h6-9,12-16,23H,10-11H2,1-5H3,(H,29,32)(H,33,34)(H2,30,31,35);;2*1H2/q;+1;;/p-1/t23-;;;/m0.../s1. The number of carboxylic acid groups (broad SMARTS) is 1. The molecule has 0 saturated heterocycles. The first-order valence-electron chi connectivity index (χ1n) is 11.8. The summed E-state index contributed by atoms with van der Waals surface area (Å²) in [4.78, 5) is 37.9. The second-order valence-electron chi connectivity index (χ2n) is 9.43. The molecule has 38 heavy (non-hydrogen) atoms. The van der Waals surface area contributed by atoms with Crippen molar-refractivity contribution in [3.8, 4) is 0 Å². The zero-order valence-corrected chi connectivity index (χ0v) is 22.8. The molecule has 3 aromatic rings. The van der Waals surface area contributed by atoms with Crippen LogP contribution in [-0.4, -0.2) is 40.0 Å². The number of aryl methyl sites for hydroxylation is 3. The van der Waals surface area contributed by atoms with Crippen molar-refractivity contribution in [3.63, 3.8) is 0 Å². The molecule has 0 unspecified atom stereocenters. The van der Waals surface area contributed by atoms with Crippen molar-refractivity contribution in [2.75, 3.05) is 10.6 Å². The number of nitrogens with one attached hydrogen (secondary N) is 3. The summed E-state index contributed by atoms with van der Waals surface area (Å²) in [6.45, 7) is 9.85. The first-order chi connectivity index (χ1) is 16.5. The van der Waals surface area contributed by atoms with Crippen LogP contribution in [0.25, 0.3) is 10.8 Å². The quantitative estimate of drug-likeness (QED) is 0.335. The van der Waals surface area contributed by atoms with Crippen molar-refractivity contribution in [2.45, 2.75) is 53.5 Å². The summed E-state index contributed by atoms with van der Waals surface area (Å²) in [7, 11) is 0. The van der Waals surface area contributed by atoms with Crippen LogP contribution in [0.2, 0.25) is 0 Å². The summed E-state index contributed by atoms with van der Waals surface area (Å²) >= 11 is 0. The molecule has 1 atom stereocenters. The largest absolute Gasteiger partial charge is 1.00 e. The number of carbonyl (C=O) groups is 3. The first-order valence-corrected chi connectivity index (χ1v) is 11.8. The van der Waals surface area contributed by atoms with E-state index in [4.69, 9.17) is 0 Å². The van der Waals surface area contributed by atoms with Crippen LogP contribution >= 0.6 is 0 Å². The molecule has 0 aliphatic heterocycles. The number of amides is 3. The molecule has 0 aliphatic carbocycles. The summed E-state index contributed by atoms with van der Waals surface area (Å²) in [6.07, 6.45) is 0.985. The van der Waals surface area contributed by atoms with Gasteiger partial charge in [0.1, 0.15) is 6.04 Å². The fourth-order valence-electron chi connectivity index (χ4n) is 4.17. The van der Waals surface area contributed by atoms with Crippen molar-refractivity contribution in [2.24, 2.45) is 5.92 Å². The molecule has 0 fully saturated rings. The van der Waals surface area contributed by atoms with E-state index in [1.165, 1.54) is 0 Å². The van der Waals surface area contributed by atoms with Gasteiger partial charge in [-0.1, -0.05) is 55.8 Å². The summed E-state index contributed by atoms with van der Waals surface area (Å²) in [6, 6.07) is 13.3. The summed E-state index contributed by atoms with van der Waals surface area (Å²) in [5.41, 5.74) is 4.18. The Hall–Kier alpha value is -3.35. The van der Waals surface area contributed by atoms with Crippen LogP contribution in [0.1, 0.15) is 53.7 Å². The molecule has 3 aromatic carbocycles. The molecule has 3 rings (SSSR count). The zero-order valence-electron chi connectivity index (χ0n) is 22.8. The number of aliphatic carboxylic acids is 1. The molecule has 10 heteroatoms. The Kier molecular flexibility index (Phi) is 13.8. The minimum atomic E-state index is -1.09. The van der Waals surface area contributed by atoms with Gasteiger partial charge < -0.3 is 32.0 Å². The zero-order chi connectivity index (χ0) is 25.7. The Balaban J connectivity index is 0.00000456. The molecule has 0 heterocycles. The Morgan fingerprint density at radius 1 is 0.868 bits per heavy atom. The number of benzene rings is 3. The SMILES string of the molecule is Cc1cc(C)c(NC(=O)Nc2cc3ccccc3cc2C(=O)N[C@@H](CCC(C)C)C(=O)O)c(C)c1.O.[Li+].[OH-]. The van der Waals surface area contributed by atoms with Crippen molar-refractivity contribution in [1.29, 1.82) is 0 Å². The van der Waals surface area contributed by atoms with Crippen LogP contribution in [-0.2, 0) is 4.79 Å². The monoisotopic (exact) mass is 517 g/mol. The maximum absolute atomic E-state index is 13.2. The van der Waals surface area contributed by atoms with Crippen molar-refractivity contribution < 1.29 is 49.3 Å². The number of hydrogen-bond donors (Lipinski definition) is 4. The van der Waals surface area contributed by atoms with E-state index >= 15 is 0 Å². The summed E-state index contributed by atoms with van der Waals surface area (Å²) < 4.78 is 0. The van der Waals surface area contributed by atoms with E-state index in [2.05, 4.69) is 16.0 Å². The van der Waals surface area contributed by atoms with Gasteiger partial charge in [0.05, 0.1) is 11.3 Å². The predicted octanol–water partition coefficient (Wildman–Crippen LogP) is 2.03. The molecule has 0 radical (unpaired) electrons. The van der Waals surface area contributed by atoms with Crippen LogP contribution < -0.4 is 34.8 Å². The number of carbonyl (C=O) groups excluding carboxylic acids is 2. The number of carboxylic acids is 1. The number of anilines is 2. The van der Waals surface area contributed by atoms with Gasteiger partial charge in [-0.05, 0) is 73.6 Å². The molecule has 0 aromatic heterocycles. The molecule has 7 N–H and O–H groups in total. The molecule has 0 bridgehead atoms. The van der Waals surface area contributed by atoms with E-state index in [0.29, 0.717) is 30.1 Å². The Morgan fingerprint density at radius 3 is 1.95 bits per heavy atom.